The SMILES string of the molecule is C[C@@H]1CC2CCCCC2CN1CC(O)C(N)CSc1ccccc1. The van der Waals surface area contributed by atoms with Crippen LogP contribution in [0.5, 0.6) is 0 Å². The molecule has 2 fully saturated rings. The number of benzene rings is 1. The summed E-state index contributed by atoms with van der Waals surface area (Å²) < 4.78 is 0. The van der Waals surface area contributed by atoms with Gasteiger partial charge in [0.05, 0.1) is 6.10 Å². The van der Waals surface area contributed by atoms with Crippen LogP contribution in [0.2, 0.25) is 0 Å². The zero-order chi connectivity index (χ0) is 16.9. The maximum atomic E-state index is 10.6. The fourth-order valence-electron chi connectivity index (χ4n) is 4.35. The molecule has 1 aromatic carbocycles. The lowest BCUT2D eigenvalue weighted by Gasteiger charge is -2.46. The fourth-order valence-corrected chi connectivity index (χ4v) is 5.31. The van der Waals surface area contributed by atoms with E-state index in [0.717, 1.165) is 30.7 Å². The molecule has 4 heteroatoms. The summed E-state index contributed by atoms with van der Waals surface area (Å²) in [5.41, 5.74) is 6.26. The molecule has 1 aliphatic carbocycles. The zero-order valence-electron chi connectivity index (χ0n) is 14.8. The summed E-state index contributed by atoms with van der Waals surface area (Å²) in [4.78, 5) is 3.71. The summed E-state index contributed by atoms with van der Waals surface area (Å²) >= 11 is 1.73. The number of aliphatic hydroxyl groups excluding tert-OH is 1. The smallest absolute Gasteiger partial charge is 0.0826 e. The van der Waals surface area contributed by atoms with Crippen molar-refractivity contribution in [1.82, 2.24) is 4.90 Å². The van der Waals surface area contributed by atoms with Crippen LogP contribution in [-0.4, -0.2) is 47.0 Å². The van der Waals surface area contributed by atoms with Gasteiger partial charge in [0.2, 0.25) is 0 Å². The highest BCUT2D eigenvalue weighted by Gasteiger charge is 2.35. The summed E-state index contributed by atoms with van der Waals surface area (Å²) in [6, 6.07) is 10.7. The molecule has 24 heavy (non-hydrogen) atoms. The molecule has 1 saturated heterocycles. The first-order chi connectivity index (χ1) is 11.6. The summed E-state index contributed by atoms with van der Waals surface area (Å²) in [5.74, 6) is 2.53. The van der Waals surface area contributed by atoms with Gasteiger partial charge in [-0.15, -0.1) is 11.8 Å². The molecule has 0 aromatic heterocycles. The van der Waals surface area contributed by atoms with E-state index in [4.69, 9.17) is 5.73 Å². The molecule has 1 heterocycles. The molecule has 1 saturated carbocycles. The van der Waals surface area contributed by atoms with Crippen LogP contribution >= 0.6 is 11.8 Å². The molecule has 3 N–H and O–H groups in total. The molecular weight excluding hydrogens is 316 g/mol. The van der Waals surface area contributed by atoms with Crippen molar-refractivity contribution in [1.29, 1.82) is 0 Å². The first-order valence-electron chi connectivity index (χ1n) is 9.49. The Morgan fingerprint density at radius 3 is 2.67 bits per heavy atom. The van der Waals surface area contributed by atoms with Crippen molar-refractivity contribution in [2.45, 2.75) is 62.1 Å². The number of hydrogen-bond acceptors (Lipinski definition) is 4. The van der Waals surface area contributed by atoms with Crippen LogP contribution in [-0.2, 0) is 0 Å². The number of thioether (sulfide) groups is 1. The third kappa shape index (κ3) is 4.75. The van der Waals surface area contributed by atoms with E-state index < -0.39 is 6.10 Å². The largest absolute Gasteiger partial charge is 0.390 e. The summed E-state index contributed by atoms with van der Waals surface area (Å²) in [6.07, 6.45) is 6.45. The van der Waals surface area contributed by atoms with Crippen LogP contribution in [0.15, 0.2) is 35.2 Å². The fraction of sp³-hybridized carbons (Fsp3) is 0.700. The molecule has 3 rings (SSSR count). The lowest BCUT2D eigenvalue weighted by molar-refractivity contribution is 0.00907. The van der Waals surface area contributed by atoms with Crippen LogP contribution in [0, 0.1) is 11.8 Å². The maximum absolute atomic E-state index is 10.6. The molecule has 134 valence electrons. The molecule has 2 aliphatic rings. The molecule has 5 atom stereocenters. The quantitative estimate of drug-likeness (QED) is 0.774. The van der Waals surface area contributed by atoms with E-state index >= 15 is 0 Å². The Morgan fingerprint density at radius 2 is 1.92 bits per heavy atom. The lowest BCUT2D eigenvalue weighted by Crippen LogP contribution is -2.52. The van der Waals surface area contributed by atoms with E-state index in [-0.39, 0.29) is 6.04 Å². The average molecular weight is 349 g/mol. The van der Waals surface area contributed by atoms with Crippen LogP contribution < -0.4 is 5.73 Å². The Morgan fingerprint density at radius 1 is 1.21 bits per heavy atom. The number of piperidine rings is 1. The van der Waals surface area contributed by atoms with Gasteiger partial charge in [0.25, 0.3) is 0 Å². The molecular formula is C20H32N2OS. The van der Waals surface area contributed by atoms with Gasteiger partial charge in [0, 0.05) is 35.8 Å². The third-order valence-electron chi connectivity index (χ3n) is 5.90. The topological polar surface area (TPSA) is 49.5 Å². The normalized spacial score (nSPS) is 30.5. The van der Waals surface area contributed by atoms with E-state index in [1.165, 1.54) is 37.0 Å². The second-order valence-electron chi connectivity index (χ2n) is 7.70. The number of likely N-dealkylation sites (tertiary alicyclic amines) is 1. The minimum atomic E-state index is -0.441. The van der Waals surface area contributed by atoms with Crippen LogP contribution in [0.3, 0.4) is 0 Å². The van der Waals surface area contributed by atoms with Crippen molar-refractivity contribution >= 4 is 11.8 Å². The molecule has 0 amide bonds. The second-order valence-corrected chi connectivity index (χ2v) is 8.79. The number of nitrogens with two attached hydrogens (primary N) is 1. The van der Waals surface area contributed by atoms with Gasteiger partial charge in [-0.25, -0.2) is 0 Å². The van der Waals surface area contributed by atoms with Gasteiger partial charge in [-0.05, 0) is 43.7 Å². The zero-order valence-corrected chi connectivity index (χ0v) is 15.6. The van der Waals surface area contributed by atoms with Gasteiger partial charge >= 0.3 is 0 Å². The van der Waals surface area contributed by atoms with E-state index in [0.29, 0.717) is 6.04 Å². The predicted molar refractivity (Wildman–Crippen MR) is 102 cm³/mol. The van der Waals surface area contributed by atoms with Crippen molar-refractivity contribution < 1.29 is 5.11 Å². The predicted octanol–water partition coefficient (Wildman–Crippen LogP) is 3.37. The van der Waals surface area contributed by atoms with Crippen LogP contribution in [0.25, 0.3) is 0 Å². The van der Waals surface area contributed by atoms with Crippen molar-refractivity contribution in [3.63, 3.8) is 0 Å². The van der Waals surface area contributed by atoms with Gasteiger partial charge in [-0.3, -0.25) is 4.90 Å². The van der Waals surface area contributed by atoms with Crippen LogP contribution in [0.4, 0.5) is 0 Å². The summed E-state index contributed by atoms with van der Waals surface area (Å²) in [5, 5.41) is 10.6. The van der Waals surface area contributed by atoms with E-state index in [2.05, 4.69) is 24.0 Å². The Labute approximate surface area is 151 Å². The molecule has 3 nitrogen and oxygen atoms in total. The molecule has 4 unspecified atom stereocenters. The van der Waals surface area contributed by atoms with Crippen molar-refractivity contribution in [3.05, 3.63) is 30.3 Å². The number of nitrogens with zero attached hydrogens (tertiary/aromatic N) is 1. The number of fused-ring (bicyclic) bond motifs is 1. The van der Waals surface area contributed by atoms with Crippen LogP contribution in [0.1, 0.15) is 39.0 Å². The Hall–Kier alpha value is -0.550. The van der Waals surface area contributed by atoms with Crippen molar-refractivity contribution in [2.24, 2.45) is 17.6 Å². The van der Waals surface area contributed by atoms with Crippen molar-refractivity contribution in [2.75, 3.05) is 18.8 Å². The number of hydrogen-bond donors (Lipinski definition) is 2. The number of aliphatic hydroxyl groups is 1. The van der Waals surface area contributed by atoms with E-state index in [1.807, 2.05) is 18.2 Å². The monoisotopic (exact) mass is 348 g/mol. The second kappa shape index (κ2) is 8.70. The highest BCUT2D eigenvalue weighted by atomic mass is 32.2. The first-order valence-corrected chi connectivity index (χ1v) is 10.5. The van der Waals surface area contributed by atoms with Gasteiger partial charge in [-0.1, -0.05) is 37.5 Å². The molecule has 0 radical (unpaired) electrons. The van der Waals surface area contributed by atoms with Crippen molar-refractivity contribution in [3.8, 4) is 0 Å². The number of β-amino-alcohol motifs (C(OH)–C–C–N with tert-alkyl or cyclic N) is 1. The Kier molecular flexibility index (Phi) is 6.62. The van der Waals surface area contributed by atoms with Gasteiger partial charge < -0.3 is 10.8 Å². The number of rotatable bonds is 6. The van der Waals surface area contributed by atoms with Gasteiger partial charge in [0.15, 0.2) is 0 Å². The Bertz CT molecular complexity index is 498. The van der Waals surface area contributed by atoms with Gasteiger partial charge in [-0.2, -0.15) is 0 Å². The molecule has 0 spiro atoms. The van der Waals surface area contributed by atoms with E-state index in [9.17, 15) is 5.11 Å². The average Bonchev–Trinajstić information content (AvgIpc) is 2.61. The minimum absolute atomic E-state index is 0.175. The van der Waals surface area contributed by atoms with Gasteiger partial charge in [0.1, 0.15) is 0 Å². The highest BCUT2D eigenvalue weighted by Crippen LogP contribution is 2.38. The summed E-state index contributed by atoms with van der Waals surface area (Å²) in [6.45, 7) is 4.20. The maximum Gasteiger partial charge on any atom is 0.0826 e. The standard InChI is InChI=1S/C20H32N2OS/c1-15-11-16-7-5-6-8-17(16)12-22(15)13-20(23)19(21)14-24-18-9-3-2-4-10-18/h2-4,9-10,15-17,19-20,23H,5-8,11-14,21H2,1H3/t15-,16?,17?,19?,20?/m1/s1. The third-order valence-corrected chi connectivity index (χ3v) is 7.06. The molecule has 0 bridgehead atoms. The lowest BCUT2D eigenvalue weighted by atomic mass is 9.73. The summed E-state index contributed by atoms with van der Waals surface area (Å²) in [7, 11) is 0. The minimum Gasteiger partial charge on any atom is -0.390 e. The molecule has 1 aliphatic heterocycles. The molecule has 1 aromatic rings. The highest BCUT2D eigenvalue weighted by molar-refractivity contribution is 7.99. The Balaban J connectivity index is 1.47. The first kappa shape index (κ1) is 18.2. The van der Waals surface area contributed by atoms with E-state index in [1.54, 1.807) is 11.8 Å².